The van der Waals surface area contributed by atoms with Crippen molar-refractivity contribution in [3.05, 3.63) is 247 Å². The van der Waals surface area contributed by atoms with Gasteiger partial charge in [0.2, 0.25) is 0 Å². The smallest absolute Gasteiger partial charge is 0.0363 e. The van der Waals surface area contributed by atoms with E-state index in [1.54, 1.807) is 0 Å². The Morgan fingerprint density at radius 2 is 0.523 bits per heavy atom. The van der Waals surface area contributed by atoms with E-state index in [2.05, 4.69) is 208 Å². The summed E-state index contributed by atoms with van der Waals surface area (Å²) in [4.78, 5) is 0. The third-order valence-electron chi connectivity index (χ3n) is 26.1. The standard InChI is InChI=1S/C86H102/c1-35-33-67(49(15)36(35)2)74-60(26)62(28)79-75(61(27)63(29)78(74)79)68-34-69(51(17)50(68)16)76-66(32)81-84(73-58(24)47(13)40(6)48(14)59(73)25)85-77(70-52(18)41(7)37(3)42(8)53(70)19)64(30)65(31)80(85)83(72-56(22)45(11)39(5)46(12)57(72)23)86(81)82(76)71-54(20)43(9)38(4)44(10)55(71)21/h60-61,77,82H,28-29,33-34H2,1-27,30-32H3. The van der Waals surface area contributed by atoms with Crippen molar-refractivity contribution in [2.75, 3.05) is 0 Å². The van der Waals surface area contributed by atoms with Crippen molar-refractivity contribution in [3.8, 4) is 22.3 Å². The Hall–Kier alpha value is -6.50. The van der Waals surface area contributed by atoms with Crippen molar-refractivity contribution < 1.29 is 0 Å². The number of hydrogen-bond acceptors (Lipinski definition) is 0. The molecule has 0 spiro atoms. The van der Waals surface area contributed by atoms with Crippen LogP contribution in [0.1, 0.15) is 239 Å². The molecule has 0 bridgehead atoms. The second-order valence-electron chi connectivity index (χ2n) is 28.8. The summed E-state index contributed by atoms with van der Waals surface area (Å²) in [5.74, 6) is 0.444. The first kappa shape index (κ1) is 61.2. The molecule has 0 radical (unpaired) electrons. The fourth-order valence-electron chi connectivity index (χ4n) is 18.4. The maximum atomic E-state index is 5.04. The first-order chi connectivity index (χ1) is 40.1. The first-order valence-electron chi connectivity index (χ1n) is 32.7. The van der Waals surface area contributed by atoms with Gasteiger partial charge < -0.3 is 0 Å². The fraction of sp³-hybridized carbons (Fsp3) is 0.419. The molecule has 4 unspecified atom stereocenters. The predicted octanol–water partition coefficient (Wildman–Crippen LogP) is 24.1. The van der Waals surface area contributed by atoms with E-state index in [1.165, 1.54) is 267 Å². The van der Waals surface area contributed by atoms with Gasteiger partial charge in [0.05, 0.1) is 0 Å². The highest BCUT2D eigenvalue weighted by molar-refractivity contribution is 6.07. The van der Waals surface area contributed by atoms with E-state index in [-0.39, 0.29) is 23.7 Å². The lowest BCUT2D eigenvalue weighted by Gasteiger charge is -2.34. The summed E-state index contributed by atoms with van der Waals surface area (Å²) >= 11 is 0. The van der Waals surface area contributed by atoms with E-state index in [1.807, 2.05) is 0 Å². The van der Waals surface area contributed by atoms with Crippen molar-refractivity contribution in [1.82, 2.24) is 0 Å². The molecule has 0 heterocycles. The van der Waals surface area contributed by atoms with Gasteiger partial charge in [-0.05, 0) is 463 Å². The summed E-state index contributed by atoms with van der Waals surface area (Å²) in [7, 11) is 0. The largest absolute Gasteiger partial charge is 0.0946 e. The third kappa shape index (κ3) is 7.78. The van der Waals surface area contributed by atoms with Crippen LogP contribution in [0, 0.1) is 150 Å². The molecule has 5 aromatic carbocycles. The Morgan fingerprint density at radius 3 is 0.872 bits per heavy atom. The minimum Gasteiger partial charge on any atom is -0.0946 e. The molecule has 0 fully saturated rings. The van der Waals surface area contributed by atoms with E-state index in [0.717, 1.165) is 12.8 Å². The van der Waals surface area contributed by atoms with E-state index in [0.29, 0.717) is 0 Å². The highest BCUT2D eigenvalue weighted by Gasteiger charge is 2.49. The summed E-state index contributed by atoms with van der Waals surface area (Å²) in [5.41, 5.74) is 69.2. The number of fused-ring (bicyclic) bond motifs is 3. The average Bonchev–Trinajstić information content (AvgIpc) is 1.48. The van der Waals surface area contributed by atoms with Gasteiger partial charge in [-0.3, -0.25) is 0 Å². The molecule has 11 rings (SSSR count). The molecule has 0 aromatic heterocycles. The number of hydrogen-bond donors (Lipinski definition) is 0. The van der Waals surface area contributed by atoms with Crippen LogP contribution >= 0.6 is 0 Å². The maximum absolute atomic E-state index is 5.04. The van der Waals surface area contributed by atoms with Gasteiger partial charge in [0.15, 0.2) is 0 Å². The van der Waals surface area contributed by atoms with Gasteiger partial charge in [0.25, 0.3) is 0 Å². The van der Waals surface area contributed by atoms with Crippen molar-refractivity contribution >= 4 is 11.1 Å². The molecule has 86 heavy (non-hydrogen) atoms. The van der Waals surface area contributed by atoms with Gasteiger partial charge in [0.1, 0.15) is 0 Å². The van der Waals surface area contributed by atoms with E-state index in [4.69, 9.17) is 13.2 Å². The molecular weight excluding hydrogens is 1030 g/mol. The summed E-state index contributed by atoms with van der Waals surface area (Å²) in [5, 5.41) is 0. The normalized spacial score (nSPS) is 20.5. The molecule has 0 saturated carbocycles. The topological polar surface area (TPSA) is 0 Å². The van der Waals surface area contributed by atoms with Crippen LogP contribution in [0.5, 0.6) is 0 Å². The molecule has 0 amide bonds. The van der Waals surface area contributed by atoms with Gasteiger partial charge >= 0.3 is 0 Å². The minimum absolute atomic E-state index is 0.0407. The zero-order chi connectivity index (χ0) is 63.4. The lowest BCUT2D eigenvalue weighted by atomic mass is 9.69. The molecule has 6 aliphatic rings. The van der Waals surface area contributed by atoms with Crippen LogP contribution in [-0.4, -0.2) is 0 Å². The summed E-state index contributed by atoms with van der Waals surface area (Å²) in [6, 6.07) is 0. The molecule has 0 saturated heterocycles. The van der Waals surface area contributed by atoms with Crippen LogP contribution in [0.3, 0.4) is 0 Å². The molecule has 5 aromatic rings. The van der Waals surface area contributed by atoms with Gasteiger partial charge in [-0.1, -0.05) is 38.2 Å². The number of rotatable bonds is 7. The monoisotopic (exact) mass is 1130 g/mol. The minimum atomic E-state index is -0.0407. The fourth-order valence-corrected chi connectivity index (χ4v) is 18.4. The Morgan fingerprint density at radius 1 is 0.244 bits per heavy atom. The zero-order valence-corrected chi connectivity index (χ0v) is 59.1. The predicted molar refractivity (Wildman–Crippen MR) is 376 cm³/mol. The SMILES string of the molecule is C=C1C2=C(C3=C(C)C(C)=C(C4=C(C)c5c(-c6c(C)c(C)c(C)c(C)c6C)c6c(c(-c7c(C)c(C)c(C)c(C)c7C)c5C4c4c(C)c(C)c(C)c(C)c4C)C(C)=C(C)C6c4c(C)c(C)c(C)c(C)c4C)C3)C(C)C(=C)C2=C(C2=C(C)C(C)=C(C)C2)C1C. The second-order valence-corrected chi connectivity index (χ2v) is 28.8. The second kappa shape index (κ2) is 20.5. The average molecular weight is 1140 g/mol. The van der Waals surface area contributed by atoms with Crippen molar-refractivity contribution in [2.45, 2.75) is 232 Å². The van der Waals surface area contributed by atoms with Crippen LogP contribution < -0.4 is 0 Å². The van der Waals surface area contributed by atoms with Crippen LogP contribution in [0.4, 0.5) is 0 Å². The number of allylic oxidation sites excluding steroid dienone is 18. The summed E-state index contributed by atoms with van der Waals surface area (Å²) < 4.78 is 0. The highest BCUT2D eigenvalue weighted by Crippen LogP contribution is 2.67. The van der Waals surface area contributed by atoms with E-state index < -0.39 is 0 Å². The molecule has 0 nitrogen and oxygen atoms in total. The molecule has 0 N–H and O–H groups in total. The highest BCUT2D eigenvalue weighted by atomic mass is 14.5. The van der Waals surface area contributed by atoms with Crippen molar-refractivity contribution in [2.24, 2.45) is 11.8 Å². The Balaban J connectivity index is 1.35. The first-order valence-corrected chi connectivity index (χ1v) is 32.7. The van der Waals surface area contributed by atoms with Crippen LogP contribution in [0.2, 0.25) is 0 Å². The zero-order valence-electron chi connectivity index (χ0n) is 59.1. The van der Waals surface area contributed by atoms with E-state index >= 15 is 0 Å². The van der Waals surface area contributed by atoms with Gasteiger partial charge in [-0.15, -0.1) is 0 Å². The quantitative estimate of drug-likeness (QED) is 0.152. The molecule has 0 heteroatoms. The summed E-state index contributed by atoms with van der Waals surface area (Å²) in [6.07, 6.45) is 1.90. The maximum Gasteiger partial charge on any atom is 0.0363 e. The lowest BCUT2D eigenvalue weighted by molar-refractivity contribution is 0.802. The molecule has 6 aliphatic carbocycles. The van der Waals surface area contributed by atoms with Gasteiger partial charge in [0, 0.05) is 23.7 Å². The lowest BCUT2D eigenvalue weighted by Crippen LogP contribution is -2.16. The Bertz CT molecular complexity index is 4300. The molecule has 0 aliphatic heterocycles. The molecular formula is C86H102. The van der Waals surface area contributed by atoms with Crippen molar-refractivity contribution in [1.29, 1.82) is 0 Å². The molecule has 446 valence electrons. The Labute approximate surface area is 521 Å². The molecule has 4 atom stereocenters. The van der Waals surface area contributed by atoms with E-state index in [9.17, 15) is 0 Å². The van der Waals surface area contributed by atoms with Crippen LogP contribution in [0.25, 0.3) is 33.4 Å². The Kier molecular flexibility index (Phi) is 14.6. The van der Waals surface area contributed by atoms with Crippen LogP contribution in [0.15, 0.2) is 102 Å². The third-order valence-corrected chi connectivity index (χ3v) is 26.1. The number of benzene rings is 5. The summed E-state index contributed by atoms with van der Waals surface area (Å²) in [6.45, 7) is 82.8. The van der Waals surface area contributed by atoms with Gasteiger partial charge in [-0.2, -0.15) is 0 Å². The van der Waals surface area contributed by atoms with Crippen LogP contribution in [-0.2, 0) is 0 Å². The van der Waals surface area contributed by atoms with Gasteiger partial charge in [-0.25, -0.2) is 0 Å². The van der Waals surface area contributed by atoms with Crippen molar-refractivity contribution in [3.63, 3.8) is 0 Å².